The van der Waals surface area contributed by atoms with Gasteiger partial charge in [-0.25, -0.2) is 0 Å². The van der Waals surface area contributed by atoms with Crippen LogP contribution in [0.1, 0.15) is 5.56 Å². The molecule has 1 aliphatic rings. The van der Waals surface area contributed by atoms with E-state index in [1.165, 1.54) is 17.8 Å². The highest BCUT2D eigenvalue weighted by molar-refractivity contribution is 5.82. The van der Waals surface area contributed by atoms with Crippen LogP contribution < -0.4 is 4.90 Å². The molecule has 0 bridgehead atoms. The molecule has 6 heteroatoms. The number of benzene rings is 2. The van der Waals surface area contributed by atoms with Crippen molar-refractivity contribution >= 4 is 23.3 Å². The molecule has 2 aromatic rings. The Labute approximate surface area is 134 Å². The number of nitrogens with zero attached hydrogens (tertiary/aromatic N) is 3. The summed E-state index contributed by atoms with van der Waals surface area (Å²) in [5.74, 6) is 0. The van der Waals surface area contributed by atoms with E-state index in [9.17, 15) is 10.1 Å². The van der Waals surface area contributed by atoms with Crippen molar-refractivity contribution in [3.05, 3.63) is 64.2 Å². The Morgan fingerprint density at radius 3 is 2.57 bits per heavy atom. The topological polar surface area (TPSA) is 68.0 Å². The van der Waals surface area contributed by atoms with Gasteiger partial charge in [0.05, 0.1) is 23.8 Å². The second-order valence-corrected chi connectivity index (χ2v) is 5.23. The van der Waals surface area contributed by atoms with Crippen LogP contribution in [-0.4, -0.2) is 37.4 Å². The molecular weight excluding hydrogens is 294 g/mol. The van der Waals surface area contributed by atoms with Gasteiger partial charge in [0.2, 0.25) is 0 Å². The first-order valence-corrected chi connectivity index (χ1v) is 7.44. The monoisotopic (exact) mass is 311 g/mol. The van der Waals surface area contributed by atoms with E-state index in [0.29, 0.717) is 5.69 Å². The Hall–Kier alpha value is -2.73. The molecule has 1 fully saturated rings. The molecule has 1 saturated heterocycles. The number of hydrogen-bond donors (Lipinski definition) is 0. The van der Waals surface area contributed by atoms with Crippen molar-refractivity contribution in [2.45, 2.75) is 0 Å². The van der Waals surface area contributed by atoms with Gasteiger partial charge in [-0.2, -0.15) is 0 Å². The lowest BCUT2D eigenvalue weighted by atomic mass is 10.2. The molecule has 0 unspecified atom stereocenters. The fraction of sp³-hybridized carbons (Fsp3) is 0.235. The minimum absolute atomic E-state index is 0.0438. The van der Waals surface area contributed by atoms with Crippen molar-refractivity contribution in [3.8, 4) is 0 Å². The van der Waals surface area contributed by atoms with Gasteiger partial charge in [0.1, 0.15) is 0 Å². The number of hydrogen-bond acceptors (Lipinski definition) is 5. The molecule has 0 aliphatic carbocycles. The fourth-order valence-corrected chi connectivity index (χ4v) is 2.43. The highest BCUT2D eigenvalue weighted by Crippen LogP contribution is 2.20. The maximum Gasteiger partial charge on any atom is 0.271 e. The van der Waals surface area contributed by atoms with Gasteiger partial charge in [-0.15, -0.1) is 0 Å². The summed E-state index contributed by atoms with van der Waals surface area (Å²) in [5.41, 5.74) is 2.73. The van der Waals surface area contributed by atoms with Gasteiger partial charge in [-0.05, 0) is 23.8 Å². The van der Waals surface area contributed by atoms with Crippen molar-refractivity contribution in [1.29, 1.82) is 0 Å². The standard InChI is InChI=1S/C17H17N3O3/c21-20(22)17-3-1-2-15(12-17)18-13-14-4-6-16(7-5-14)19-8-10-23-11-9-19/h1-7,12-13H,8-11H2. The van der Waals surface area contributed by atoms with E-state index in [1.54, 1.807) is 18.3 Å². The Balaban J connectivity index is 1.70. The number of nitro benzene ring substituents is 1. The zero-order valence-corrected chi connectivity index (χ0v) is 12.6. The summed E-state index contributed by atoms with van der Waals surface area (Å²) >= 11 is 0. The van der Waals surface area contributed by atoms with Gasteiger partial charge in [0, 0.05) is 37.1 Å². The lowest BCUT2D eigenvalue weighted by Crippen LogP contribution is -2.36. The van der Waals surface area contributed by atoms with Gasteiger partial charge < -0.3 is 9.64 Å². The van der Waals surface area contributed by atoms with E-state index < -0.39 is 4.92 Å². The first-order chi connectivity index (χ1) is 11.2. The minimum Gasteiger partial charge on any atom is -0.378 e. The van der Waals surface area contributed by atoms with Crippen LogP contribution in [0.3, 0.4) is 0 Å². The molecule has 2 aromatic carbocycles. The highest BCUT2D eigenvalue weighted by atomic mass is 16.6. The predicted molar refractivity (Wildman–Crippen MR) is 89.8 cm³/mol. The summed E-state index contributed by atoms with van der Waals surface area (Å²) in [5, 5.41) is 10.8. The van der Waals surface area contributed by atoms with E-state index in [-0.39, 0.29) is 5.69 Å². The zero-order valence-electron chi connectivity index (χ0n) is 12.6. The quantitative estimate of drug-likeness (QED) is 0.494. The van der Waals surface area contributed by atoms with Gasteiger partial charge in [0.15, 0.2) is 0 Å². The van der Waals surface area contributed by atoms with Crippen LogP contribution >= 0.6 is 0 Å². The third-order valence-corrected chi connectivity index (χ3v) is 3.67. The van der Waals surface area contributed by atoms with E-state index >= 15 is 0 Å². The maximum absolute atomic E-state index is 10.8. The smallest absolute Gasteiger partial charge is 0.271 e. The maximum atomic E-state index is 10.8. The number of non-ortho nitro benzene ring substituents is 1. The first-order valence-electron chi connectivity index (χ1n) is 7.44. The van der Waals surface area contributed by atoms with Gasteiger partial charge in [-0.1, -0.05) is 18.2 Å². The number of ether oxygens (including phenoxy) is 1. The van der Waals surface area contributed by atoms with Crippen LogP contribution in [0.2, 0.25) is 0 Å². The Kier molecular flexibility index (Phi) is 4.63. The molecule has 1 heterocycles. The largest absolute Gasteiger partial charge is 0.378 e. The van der Waals surface area contributed by atoms with Crippen LogP contribution in [-0.2, 0) is 4.74 Å². The average Bonchev–Trinajstić information content (AvgIpc) is 2.61. The summed E-state index contributed by atoms with van der Waals surface area (Å²) in [7, 11) is 0. The number of anilines is 1. The molecule has 6 nitrogen and oxygen atoms in total. The zero-order chi connectivity index (χ0) is 16.1. The summed E-state index contributed by atoms with van der Waals surface area (Å²) in [6, 6.07) is 14.4. The molecule has 0 atom stereocenters. The molecule has 0 N–H and O–H groups in total. The summed E-state index contributed by atoms with van der Waals surface area (Å²) in [4.78, 5) is 16.9. The lowest BCUT2D eigenvalue weighted by molar-refractivity contribution is -0.384. The van der Waals surface area contributed by atoms with Crippen LogP contribution in [0.25, 0.3) is 0 Å². The molecule has 0 spiro atoms. The summed E-state index contributed by atoms with van der Waals surface area (Å²) < 4.78 is 5.35. The first kappa shape index (κ1) is 15.2. The van der Waals surface area contributed by atoms with Crippen molar-refractivity contribution in [3.63, 3.8) is 0 Å². The molecule has 118 valence electrons. The van der Waals surface area contributed by atoms with Crippen molar-refractivity contribution in [2.24, 2.45) is 4.99 Å². The lowest BCUT2D eigenvalue weighted by Gasteiger charge is -2.28. The molecular formula is C17H17N3O3. The molecule has 1 aliphatic heterocycles. The van der Waals surface area contributed by atoms with Gasteiger partial charge in [-0.3, -0.25) is 15.1 Å². The van der Waals surface area contributed by atoms with Crippen LogP contribution in [0.4, 0.5) is 17.1 Å². The average molecular weight is 311 g/mol. The van der Waals surface area contributed by atoms with E-state index in [4.69, 9.17) is 4.74 Å². The van der Waals surface area contributed by atoms with Crippen LogP contribution in [0.5, 0.6) is 0 Å². The molecule has 23 heavy (non-hydrogen) atoms. The predicted octanol–water partition coefficient (Wildman–Crippen LogP) is 3.18. The number of nitro groups is 1. The molecule has 0 amide bonds. The summed E-state index contributed by atoms with van der Waals surface area (Å²) in [6.07, 6.45) is 1.71. The normalized spacial score (nSPS) is 15.0. The second kappa shape index (κ2) is 7.02. The van der Waals surface area contributed by atoms with Crippen molar-refractivity contribution < 1.29 is 9.66 Å². The van der Waals surface area contributed by atoms with E-state index in [0.717, 1.165) is 31.9 Å². The van der Waals surface area contributed by atoms with E-state index in [2.05, 4.69) is 22.0 Å². The third kappa shape index (κ3) is 3.92. The second-order valence-electron chi connectivity index (χ2n) is 5.23. The highest BCUT2D eigenvalue weighted by Gasteiger charge is 2.10. The number of rotatable bonds is 4. The fourth-order valence-electron chi connectivity index (χ4n) is 2.43. The molecule has 3 rings (SSSR count). The molecule has 0 aromatic heterocycles. The molecule has 0 saturated carbocycles. The third-order valence-electron chi connectivity index (χ3n) is 3.67. The number of morpholine rings is 1. The Bertz CT molecular complexity index is 707. The SMILES string of the molecule is O=[N+]([O-])c1cccc(N=Cc2ccc(N3CCOCC3)cc2)c1. The van der Waals surface area contributed by atoms with Gasteiger partial charge in [0.25, 0.3) is 5.69 Å². The molecule has 0 radical (unpaired) electrons. The van der Waals surface area contributed by atoms with Crippen molar-refractivity contribution in [1.82, 2.24) is 0 Å². The van der Waals surface area contributed by atoms with E-state index in [1.807, 2.05) is 12.1 Å². The Morgan fingerprint density at radius 2 is 1.87 bits per heavy atom. The summed E-state index contributed by atoms with van der Waals surface area (Å²) in [6.45, 7) is 3.33. The van der Waals surface area contributed by atoms with Gasteiger partial charge >= 0.3 is 0 Å². The number of aliphatic imine (C=N–C) groups is 1. The van der Waals surface area contributed by atoms with Crippen LogP contribution in [0.15, 0.2) is 53.5 Å². The Morgan fingerprint density at radius 1 is 1.13 bits per heavy atom. The van der Waals surface area contributed by atoms with Crippen molar-refractivity contribution in [2.75, 3.05) is 31.2 Å². The minimum atomic E-state index is -0.420. The van der Waals surface area contributed by atoms with Crippen LogP contribution in [0, 0.1) is 10.1 Å².